The molecule has 0 radical (unpaired) electrons. The molecule has 0 aromatic heterocycles. The normalized spacial score (nSPS) is 34.6. The molecule has 1 aliphatic rings. The highest BCUT2D eigenvalue weighted by atomic mass is 15.2. The standard InChI is InChI=1S/C15H32N2/c1-11(2)7-8-17(6)15-13(4)9-12(3)10-14(15)16-5/h11-16H,7-10H2,1-6H3. The van der Waals surface area contributed by atoms with Crippen molar-refractivity contribution in [3.63, 3.8) is 0 Å². The van der Waals surface area contributed by atoms with Crippen LogP contribution in [0.3, 0.4) is 0 Å². The van der Waals surface area contributed by atoms with Crippen molar-refractivity contribution in [1.82, 2.24) is 10.2 Å². The van der Waals surface area contributed by atoms with Crippen molar-refractivity contribution in [1.29, 1.82) is 0 Å². The summed E-state index contributed by atoms with van der Waals surface area (Å²) >= 11 is 0. The largest absolute Gasteiger partial charge is 0.315 e. The van der Waals surface area contributed by atoms with Gasteiger partial charge >= 0.3 is 0 Å². The van der Waals surface area contributed by atoms with Crippen molar-refractivity contribution in [2.75, 3.05) is 20.6 Å². The van der Waals surface area contributed by atoms with Crippen molar-refractivity contribution in [3.8, 4) is 0 Å². The van der Waals surface area contributed by atoms with Crippen LogP contribution in [-0.2, 0) is 0 Å². The van der Waals surface area contributed by atoms with E-state index in [1.54, 1.807) is 0 Å². The Labute approximate surface area is 108 Å². The van der Waals surface area contributed by atoms with E-state index in [-0.39, 0.29) is 0 Å². The summed E-state index contributed by atoms with van der Waals surface area (Å²) < 4.78 is 0. The average Bonchev–Trinajstić information content (AvgIpc) is 2.24. The van der Waals surface area contributed by atoms with Crippen molar-refractivity contribution in [3.05, 3.63) is 0 Å². The first kappa shape index (κ1) is 15.0. The minimum Gasteiger partial charge on any atom is -0.315 e. The Morgan fingerprint density at radius 1 is 1.24 bits per heavy atom. The van der Waals surface area contributed by atoms with E-state index >= 15 is 0 Å². The highest BCUT2D eigenvalue weighted by molar-refractivity contribution is 4.92. The maximum Gasteiger partial charge on any atom is 0.0271 e. The lowest BCUT2D eigenvalue weighted by atomic mass is 9.76. The summed E-state index contributed by atoms with van der Waals surface area (Å²) in [6.45, 7) is 10.7. The Kier molecular flexibility index (Phi) is 5.94. The predicted molar refractivity (Wildman–Crippen MR) is 76.3 cm³/mol. The maximum atomic E-state index is 3.54. The third kappa shape index (κ3) is 4.26. The van der Waals surface area contributed by atoms with E-state index in [0.29, 0.717) is 6.04 Å². The number of nitrogens with zero attached hydrogens (tertiary/aromatic N) is 1. The van der Waals surface area contributed by atoms with Gasteiger partial charge in [0.15, 0.2) is 0 Å². The molecular formula is C15H32N2. The molecule has 4 unspecified atom stereocenters. The number of rotatable bonds is 5. The average molecular weight is 240 g/mol. The van der Waals surface area contributed by atoms with Gasteiger partial charge in [0.25, 0.3) is 0 Å². The van der Waals surface area contributed by atoms with Crippen molar-refractivity contribution in [2.45, 2.75) is 59.0 Å². The summed E-state index contributed by atoms with van der Waals surface area (Å²) in [4.78, 5) is 2.59. The second-order valence-electron chi connectivity index (χ2n) is 6.60. The molecule has 0 saturated heterocycles. The van der Waals surface area contributed by atoms with Gasteiger partial charge in [0.1, 0.15) is 0 Å². The molecule has 2 nitrogen and oxygen atoms in total. The van der Waals surface area contributed by atoms with Gasteiger partial charge in [-0.05, 0) is 57.7 Å². The van der Waals surface area contributed by atoms with E-state index in [1.165, 1.54) is 25.8 Å². The summed E-state index contributed by atoms with van der Waals surface area (Å²) in [5.41, 5.74) is 0. The Balaban J connectivity index is 2.58. The zero-order chi connectivity index (χ0) is 13.0. The smallest absolute Gasteiger partial charge is 0.0271 e. The molecule has 1 fully saturated rings. The zero-order valence-corrected chi connectivity index (χ0v) is 12.7. The molecule has 0 heterocycles. The second kappa shape index (κ2) is 6.75. The summed E-state index contributed by atoms with van der Waals surface area (Å²) in [5.74, 6) is 2.49. The first-order valence-electron chi connectivity index (χ1n) is 7.33. The molecule has 2 heteroatoms. The first-order chi connectivity index (χ1) is 7.95. The van der Waals surface area contributed by atoms with E-state index in [1.807, 2.05) is 0 Å². The molecule has 1 saturated carbocycles. The van der Waals surface area contributed by atoms with Gasteiger partial charge in [0.2, 0.25) is 0 Å². The topological polar surface area (TPSA) is 15.3 Å². The van der Waals surface area contributed by atoms with Crippen LogP contribution in [0.15, 0.2) is 0 Å². The molecular weight excluding hydrogens is 208 g/mol. The predicted octanol–water partition coefficient (Wildman–Crippen LogP) is 2.99. The number of likely N-dealkylation sites (N-methyl/N-ethyl adjacent to an activating group) is 2. The second-order valence-corrected chi connectivity index (χ2v) is 6.60. The van der Waals surface area contributed by atoms with Crippen LogP contribution in [0.4, 0.5) is 0 Å². The van der Waals surface area contributed by atoms with E-state index in [0.717, 1.165) is 23.8 Å². The van der Waals surface area contributed by atoms with Gasteiger partial charge in [-0.2, -0.15) is 0 Å². The molecule has 1 rings (SSSR count). The Morgan fingerprint density at radius 2 is 1.88 bits per heavy atom. The van der Waals surface area contributed by atoms with E-state index in [9.17, 15) is 0 Å². The summed E-state index contributed by atoms with van der Waals surface area (Å²) in [6.07, 6.45) is 4.03. The fraction of sp³-hybridized carbons (Fsp3) is 1.00. The molecule has 1 N–H and O–H groups in total. The third-order valence-electron chi connectivity index (χ3n) is 4.36. The summed E-state index contributed by atoms with van der Waals surface area (Å²) in [6, 6.07) is 1.39. The first-order valence-corrected chi connectivity index (χ1v) is 7.33. The van der Waals surface area contributed by atoms with Gasteiger partial charge in [0, 0.05) is 12.1 Å². The lowest BCUT2D eigenvalue weighted by Crippen LogP contribution is -2.54. The van der Waals surface area contributed by atoms with Crippen LogP contribution < -0.4 is 5.32 Å². The SMILES string of the molecule is CNC1CC(C)CC(C)C1N(C)CCC(C)C. The van der Waals surface area contributed by atoms with Crippen LogP contribution in [0, 0.1) is 17.8 Å². The lowest BCUT2D eigenvalue weighted by Gasteiger charge is -2.44. The monoisotopic (exact) mass is 240 g/mol. The number of hydrogen-bond donors (Lipinski definition) is 1. The van der Waals surface area contributed by atoms with Crippen molar-refractivity contribution < 1.29 is 0 Å². The van der Waals surface area contributed by atoms with Crippen LogP contribution in [0.25, 0.3) is 0 Å². The maximum absolute atomic E-state index is 3.54. The van der Waals surface area contributed by atoms with Crippen molar-refractivity contribution >= 4 is 0 Å². The molecule has 0 aromatic rings. The lowest BCUT2D eigenvalue weighted by molar-refractivity contribution is 0.0804. The van der Waals surface area contributed by atoms with Gasteiger partial charge in [-0.15, -0.1) is 0 Å². The molecule has 0 spiro atoms. The molecule has 0 aromatic carbocycles. The van der Waals surface area contributed by atoms with E-state index in [4.69, 9.17) is 0 Å². The van der Waals surface area contributed by atoms with Crippen LogP contribution in [0.2, 0.25) is 0 Å². The van der Waals surface area contributed by atoms with Gasteiger partial charge in [0.05, 0.1) is 0 Å². The minimum absolute atomic E-state index is 0.672. The Hall–Kier alpha value is -0.0800. The van der Waals surface area contributed by atoms with Crippen LogP contribution in [0.5, 0.6) is 0 Å². The van der Waals surface area contributed by atoms with Gasteiger partial charge in [-0.25, -0.2) is 0 Å². The molecule has 0 amide bonds. The van der Waals surface area contributed by atoms with Gasteiger partial charge in [-0.1, -0.05) is 27.7 Å². The zero-order valence-electron chi connectivity index (χ0n) is 12.7. The fourth-order valence-electron chi connectivity index (χ4n) is 3.48. The summed E-state index contributed by atoms with van der Waals surface area (Å²) in [7, 11) is 4.43. The van der Waals surface area contributed by atoms with Crippen LogP contribution in [-0.4, -0.2) is 37.6 Å². The number of nitrogens with one attached hydrogen (secondary N) is 1. The Morgan fingerprint density at radius 3 is 2.41 bits per heavy atom. The molecule has 4 atom stereocenters. The van der Waals surface area contributed by atoms with Gasteiger partial charge < -0.3 is 10.2 Å². The Bertz CT molecular complexity index is 215. The van der Waals surface area contributed by atoms with Crippen LogP contribution >= 0.6 is 0 Å². The molecule has 0 bridgehead atoms. The third-order valence-corrected chi connectivity index (χ3v) is 4.36. The fourth-order valence-corrected chi connectivity index (χ4v) is 3.48. The molecule has 102 valence electrons. The van der Waals surface area contributed by atoms with Gasteiger partial charge in [-0.3, -0.25) is 0 Å². The number of hydrogen-bond acceptors (Lipinski definition) is 2. The summed E-state index contributed by atoms with van der Waals surface area (Å²) in [5, 5.41) is 3.54. The quantitative estimate of drug-likeness (QED) is 0.795. The van der Waals surface area contributed by atoms with E-state index in [2.05, 4.69) is 52.0 Å². The minimum atomic E-state index is 0.672. The molecule has 1 aliphatic carbocycles. The van der Waals surface area contributed by atoms with Crippen LogP contribution in [0.1, 0.15) is 47.0 Å². The van der Waals surface area contributed by atoms with Crippen molar-refractivity contribution in [2.24, 2.45) is 17.8 Å². The highest BCUT2D eigenvalue weighted by Crippen LogP contribution is 2.31. The van der Waals surface area contributed by atoms with E-state index < -0.39 is 0 Å². The molecule has 17 heavy (non-hydrogen) atoms. The highest BCUT2D eigenvalue weighted by Gasteiger charge is 2.35. The molecule has 0 aliphatic heterocycles.